The average Bonchev–Trinajstić information content (AvgIpc) is 3.44. The van der Waals surface area contributed by atoms with Crippen LogP contribution >= 0.6 is 31.9 Å². The number of hydrazone groups is 1. The van der Waals surface area contributed by atoms with E-state index in [9.17, 15) is 4.79 Å². The van der Waals surface area contributed by atoms with Crippen LogP contribution in [0.25, 0.3) is 0 Å². The van der Waals surface area contributed by atoms with Crippen molar-refractivity contribution in [2.24, 2.45) is 5.10 Å². The summed E-state index contributed by atoms with van der Waals surface area (Å²) >= 11 is 7.22. The number of methoxy groups -OCH3 is 2. The molecule has 6 rings (SSSR count). The third kappa shape index (κ3) is 5.31. The number of halogens is 2. The maximum absolute atomic E-state index is 12.9. The second-order valence-electron chi connectivity index (χ2n) is 9.82. The van der Waals surface area contributed by atoms with Crippen molar-refractivity contribution in [2.75, 3.05) is 14.2 Å². The summed E-state index contributed by atoms with van der Waals surface area (Å²) in [6, 6.07) is 24.8. The minimum Gasteiger partial charge on any atom is -0.497 e. The molecule has 2 aliphatic heterocycles. The van der Waals surface area contributed by atoms with Gasteiger partial charge in [-0.3, -0.25) is 0 Å². The SMILES string of the molecule is COc1ccc(C2=NN3[C@@H](c4cc(Br)c(OC(=O)c5ccc(C)cc5)c(OC)c4)Oc4ccc(Br)cc4[C@@H]3C2)cc1. The van der Waals surface area contributed by atoms with Gasteiger partial charge in [0.15, 0.2) is 11.5 Å². The van der Waals surface area contributed by atoms with E-state index in [4.69, 9.17) is 24.0 Å². The van der Waals surface area contributed by atoms with Crippen molar-refractivity contribution >= 4 is 43.5 Å². The molecule has 0 unspecified atom stereocenters. The number of carbonyl (C=O) groups is 1. The zero-order valence-corrected chi connectivity index (χ0v) is 25.7. The molecule has 0 N–H and O–H groups in total. The Balaban J connectivity index is 1.37. The minimum absolute atomic E-state index is 0.0397. The molecule has 4 aromatic rings. The zero-order valence-electron chi connectivity index (χ0n) is 22.6. The second-order valence-corrected chi connectivity index (χ2v) is 11.6. The van der Waals surface area contributed by atoms with Crippen LogP contribution in [0, 0.1) is 6.92 Å². The molecule has 0 saturated carbocycles. The molecule has 0 bridgehead atoms. The number of nitrogens with zero attached hydrogens (tertiary/aromatic N) is 2. The third-order valence-corrected chi connectivity index (χ3v) is 8.28. The van der Waals surface area contributed by atoms with Gasteiger partial charge in [-0.15, -0.1) is 0 Å². The van der Waals surface area contributed by atoms with Crippen LogP contribution in [0.3, 0.4) is 0 Å². The molecular formula is C32H26Br2N2O5. The molecule has 0 aromatic heterocycles. The number of esters is 1. The largest absolute Gasteiger partial charge is 0.497 e. The van der Waals surface area contributed by atoms with Crippen LogP contribution in [0.4, 0.5) is 0 Å². The number of carbonyl (C=O) groups excluding carboxylic acids is 1. The fourth-order valence-corrected chi connectivity index (χ4v) is 5.98. The second kappa shape index (κ2) is 11.2. The Hall–Kier alpha value is -3.82. The Morgan fingerprint density at radius 3 is 2.41 bits per heavy atom. The van der Waals surface area contributed by atoms with E-state index in [2.05, 4.69) is 37.9 Å². The van der Waals surface area contributed by atoms with E-state index in [1.54, 1.807) is 26.4 Å². The van der Waals surface area contributed by atoms with Gasteiger partial charge in [-0.2, -0.15) is 5.10 Å². The van der Waals surface area contributed by atoms with Gasteiger partial charge in [-0.1, -0.05) is 33.6 Å². The summed E-state index contributed by atoms with van der Waals surface area (Å²) in [7, 11) is 3.20. The first kappa shape index (κ1) is 27.4. The molecule has 7 nitrogen and oxygen atoms in total. The molecule has 0 amide bonds. The highest BCUT2D eigenvalue weighted by atomic mass is 79.9. The van der Waals surface area contributed by atoms with Gasteiger partial charge in [0, 0.05) is 22.0 Å². The quantitative estimate of drug-likeness (QED) is 0.152. The van der Waals surface area contributed by atoms with Gasteiger partial charge in [0.2, 0.25) is 6.23 Å². The summed E-state index contributed by atoms with van der Waals surface area (Å²) in [6.07, 6.45) is 0.164. The number of hydrogen-bond acceptors (Lipinski definition) is 7. The summed E-state index contributed by atoms with van der Waals surface area (Å²) in [6.45, 7) is 1.97. The van der Waals surface area contributed by atoms with Crippen LogP contribution in [-0.2, 0) is 0 Å². The van der Waals surface area contributed by atoms with Crippen molar-refractivity contribution in [3.05, 3.63) is 116 Å². The van der Waals surface area contributed by atoms with Crippen molar-refractivity contribution < 1.29 is 23.7 Å². The topological polar surface area (TPSA) is 69.6 Å². The van der Waals surface area contributed by atoms with Crippen LogP contribution in [0.2, 0.25) is 0 Å². The van der Waals surface area contributed by atoms with E-state index in [-0.39, 0.29) is 6.04 Å². The number of ether oxygens (including phenoxy) is 4. The van der Waals surface area contributed by atoms with Crippen LogP contribution in [-0.4, -0.2) is 30.9 Å². The molecule has 4 aromatic carbocycles. The van der Waals surface area contributed by atoms with Crippen molar-refractivity contribution in [1.82, 2.24) is 5.01 Å². The number of fused-ring (bicyclic) bond motifs is 3. The predicted molar refractivity (Wildman–Crippen MR) is 163 cm³/mol. The van der Waals surface area contributed by atoms with Gasteiger partial charge in [-0.25, -0.2) is 9.80 Å². The molecule has 2 atom stereocenters. The lowest BCUT2D eigenvalue weighted by Gasteiger charge is -2.38. The van der Waals surface area contributed by atoms with Gasteiger partial charge >= 0.3 is 5.97 Å². The summed E-state index contributed by atoms with van der Waals surface area (Å²) < 4.78 is 24.9. The van der Waals surface area contributed by atoms with E-state index in [0.29, 0.717) is 28.0 Å². The molecule has 2 heterocycles. The molecule has 2 aliphatic rings. The highest BCUT2D eigenvalue weighted by Crippen LogP contribution is 2.50. The lowest BCUT2D eigenvalue weighted by Crippen LogP contribution is -2.33. The van der Waals surface area contributed by atoms with Crippen molar-refractivity contribution in [1.29, 1.82) is 0 Å². The molecule has 0 saturated heterocycles. The van der Waals surface area contributed by atoms with Crippen LogP contribution in [0.15, 0.2) is 92.9 Å². The first-order valence-electron chi connectivity index (χ1n) is 13.0. The number of benzene rings is 4. The van der Waals surface area contributed by atoms with E-state index in [1.165, 1.54) is 0 Å². The predicted octanol–water partition coefficient (Wildman–Crippen LogP) is 8.00. The van der Waals surface area contributed by atoms with Gasteiger partial charge in [0.05, 0.1) is 36.0 Å². The molecule has 0 spiro atoms. The maximum Gasteiger partial charge on any atom is 0.343 e. The lowest BCUT2D eigenvalue weighted by atomic mass is 9.96. The van der Waals surface area contributed by atoms with Crippen LogP contribution in [0.5, 0.6) is 23.0 Å². The summed E-state index contributed by atoms with van der Waals surface area (Å²) in [5.41, 5.74) is 5.33. The Labute approximate surface area is 254 Å². The number of hydrogen-bond donors (Lipinski definition) is 0. The van der Waals surface area contributed by atoms with E-state index < -0.39 is 12.2 Å². The first-order chi connectivity index (χ1) is 19.8. The summed E-state index contributed by atoms with van der Waals surface area (Å²) in [4.78, 5) is 12.9. The van der Waals surface area contributed by atoms with Gasteiger partial charge in [0.1, 0.15) is 11.5 Å². The molecule has 41 heavy (non-hydrogen) atoms. The molecule has 0 fully saturated rings. The van der Waals surface area contributed by atoms with E-state index >= 15 is 0 Å². The molecule has 0 radical (unpaired) electrons. The van der Waals surface area contributed by atoms with Gasteiger partial charge in [0.25, 0.3) is 0 Å². The Morgan fingerprint density at radius 1 is 0.951 bits per heavy atom. The van der Waals surface area contributed by atoms with Gasteiger partial charge < -0.3 is 18.9 Å². The zero-order chi connectivity index (χ0) is 28.7. The molecule has 0 aliphatic carbocycles. The number of rotatable bonds is 6. The van der Waals surface area contributed by atoms with Gasteiger partial charge in [-0.05, 0) is 95.1 Å². The van der Waals surface area contributed by atoms with Crippen LogP contribution < -0.4 is 18.9 Å². The van der Waals surface area contributed by atoms with Crippen molar-refractivity contribution in [3.63, 3.8) is 0 Å². The van der Waals surface area contributed by atoms with Crippen molar-refractivity contribution in [3.8, 4) is 23.0 Å². The molecular weight excluding hydrogens is 652 g/mol. The summed E-state index contributed by atoms with van der Waals surface area (Å²) in [5, 5.41) is 7.05. The lowest BCUT2D eigenvalue weighted by molar-refractivity contribution is -0.0192. The van der Waals surface area contributed by atoms with E-state index in [0.717, 1.165) is 43.9 Å². The smallest absolute Gasteiger partial charge is 0.343 e. The van der Waals surface area contributed by atoms with Crippen molar-refractivity contribution in [2.45, 2.75) is 25.6 Å². The minimum atomic E-state index is -0.545. The molecule has 9 heteroatoms. The monoisotopic (exact) mass is 676 g/mol. The Kier molecular flexibility index (Phi) is 7.48. The fourth-order valence-electron chi connectivity index (χ4n) is 5.06. The average molecular weight is 678 g/mol. The van der Waals surface area contributed by atoms with Crippen LogP contribution in [0.1, 0.15) is 51.3 Å². The molecule has 208 valence electrons. The fraction of sp³-hybridized carbons (Fsp3) is 0.188. The highest BCUT2D eigenvalue weighted by molar-refractivity contribution is 9.10. The standard InChI is InChI=1S/C32H26Br2N2O5/c1-18-4-6-20(7-5-18)32(37)41-30-25(34)14-21(15-29(30)39-3)31-36-27(24-16-22(33)10-13-28(24)40-31)17-26(35-36)19-8-11-23(38-2)12-9-19/h4-16,27,31H,17H2,1-3H3/t27-,31+/m0/s1. The number of aryl methyl sites for hydroxylation is 1. The normalized spacial score (nSPS) is 17.2. The third-order valence-electron chi connectivity index (χ3n) is 7.19. The Bertz CT molecular complexity index is 1650. The maximum atomic E-state index is 12.9. The summed E-state index contributed by atoms with van der Waals surface area (Å²) in [5.74, 6) is 1.80. The van der Waals surface area contributed by atoms with E-state index in [1.807, 2.05) is 72.6 Å². The Morgan fingerprint density at radius 2 is 1.71 bits per heavy atom. The highest BCUT2D eigenvalue weighted by Gasteiger charge is 2.41. The first-order valence-corrected chi connectivity index (χ1v) is 14.6.